The number of carbonyl (C=O) groups excluding carboxylic acids is 1. The fraction of sp³-hybridized carbons (Fsp3) is 0.385. The van der Waals surface area contributed by atoms with E-state index in [0.29, 0.717) is 18.8 Å². The first kappa shape index (κ1) is 17.6. The molecule has 1 aromatic carbocycles. The van der Waals surface area contributed by atoms with Gasteiger partial charge in [-0.1, -0.05) is 11.6 Å². The lowest BCUT2D eigenvalue weighted by molar-refractivity contribution is -0.113. The van der Waals surface area contributed by atoms with Crippen LogP contribution in [-0.2, 0) is 20.3 Å². The van der Waals surface area contributed by atoms with Gasteiger partial charge in [0, 0.05) is 30.3 Å². The van der Waals surface area contributed by atoms with E-state index >= 15 is 0 Å². The van der Waals surface area contributed by atoms with Gasteiger partial charge in [-0.15, -0.1) is 0 Å². The molecule has 0 radical (unpaired) electrons. The Morgan fingerprint density at radius 2 is 2.14 bits per heavy atom. The molecular formula is C13H16ClNO5S. The van der Waals surface area contributed by atoms with Gasteiger partial charge < -0.3 is 15.2 Å². The third-order valence-corrected chi connectivity index (χ3v) is 4.16. The second kappa shape index (κ2) is 8.76. The van der Waals surface area contributed by atoms with Crippen LogP contribution in [0.15, 0.2) is 18.2 Å². The maximum absolute atomic E-state index is 11.7. The second-order valence-corrected chi connectivity index (χ2v) is 6.17. The highest BCUT2D eigenvalue weighted by Gasteiger charge is 2.12. The van der Waals surface area contributed by atoms with Crippen molar-refractivity contribution in [1.82, 2.24) is 0 Å². The number of hydrogen-bond donors (Lipinski definition) is 2. The Morgan fingerprint density at radius 3 is 2.76 bits per heavy atom. The van der Waals surface area contributed by atoms with Crippen molar-refractivity contribution >= 4 is 40.0 Å². The molecule has 0 aliphatic heterocycles. The minimum Gasteiger partial charge on any atom is -0.478 e. The molecular weight excluding hydrogens is 318 g/mol. The highest BCUT2D eigenvalue weighted by molar-refractivity contribution is 7.85. The molecule has 0 spiro atoms. The molecule has 1 atom stereocenters. The number of carboxylic acids is 1. The van der Waals surface area contributed by atoms with Crippen molar-refractivity contribution in [3.8, 4) is 0 Å². The number of aromatic carboxylic acids is 1. The first-order valence-corrected chi connectivity index (χ1v) is 7.97. The zero-order valence-corrected chi connectivity index (χ0v) is 13.0. The van der Waals surface area contributed by atoms with Crippen LogP contribution in [0.25, 0.3) is 0 Å². The van der Waals surface area contributed by atoms with E-state index < -0.39 is 22.7 Å². The van der Waals surface area contributed by atoms with Gasteiger partial charge in [-0.05, 0) is 24.6 Å². The number of rotatable bonds is 8. The van der Waals surface area contributed by atoms with Gasteiger partial charge in [0.1, 0.15) is 5.75 Å². The van der Waals surface area contributed by atoms with Crippen molar-refractivity contribution in [3.63, 3.8) is 0 Å². The number of halogens is 1. The fourth-order valence-corrected chi connectivity index (χ4v) is 2.64. The number of carboxylic acid groups (broad SMARTS) is 1. The van der Waals surface area contributed by atoms with E-state index in [1.54, 1.807) is 7.11 Å². The van der Waals surface area contributed by atoms with Crippen LogP contribution in [0, 0.1) is 0 Å². The molecule has 21 heavy (non-hydrogen) atoms. The third kappa shape index (κ3) is 6.24. The van der Waals surface area contributed by atoms with Gasteiger partial charge in [0.15, 0.2) is 0 Å². The van der Waals surface area contributed by atoms with Crippen molar-refractivity contribution in [2.75, 3.05) is 30.5 Å². The summed E-state index contributed by atoms with van der Waals surface area (Å²) in [6, 6.07) is 3.98. The van der Waals surface area contributed by atoms with Crippen molar-refractivity contribution in [1.29, 1.82) is 0 Å². The summed E-state index contributed by atoms with van der Waals surface area (Å²) in [6.07, 6.45) is 0.603. The number of ether oxygens (including phenoxy) is 1. The first-order valence-electron chi connectivity index (χ1n) is 6.10. The molecule has 1 aromatic rings. The highest BCUT2D eigenvalue weighted by atomic mass is 35.5. The van der Waals surface area contributed by atoms with Gasteiger partial charge in [0.05, 0.1) is 16.3 Å². The molecule has 6 nitrogen and oxygen atoms in total. The summed E-state index contributed by atoms with van der Waals surface area (Å²) in [7, 11) is 0.251. The molecule has 0 saturated heterocycles. The highest BCUT2D eigenvalue weighted by Crippen LogP contribution is 2.23. The minimum atomic E-state index is -1.30. The smallest absolute Gasteiger partial charge is 0.335 e. The predicted molar refractivity (Wildman–Crippen MR) is 81.4 cm³/mol. The molecule has 1 unspecified atom stereocenters. The van der Waals surface area contributed by atoms with Crippen LogP contribution >= 0.6 is 11.6 Å². The molecule has 1 amide bonds. The molecule has 1 rings (SSSR count). The minimum absolute atomic E-state index is 0.0101. The summed E-state index contributed by atoms with van der Waals surface area (Å²) in [5.74, 6) is -1.40. The van der Waals surface area contributed by atoms with Crippen LogP contribution in [0.2, 0.25) is 5.02 Å². The average molecular weight is 334 g/mol. The SMILES string of the molecule is COCCCS(=O)CC(=O)Nc1cc(C(=O)O)ccc1Cl. The van der Waals surface area contributed by atoms with Crippen molar-refractivity contribution in [2.24, 2.45) is 0 Å². The van der Waals surface area contributed by atoms with E-state index in [9.17, 15) is 13.8 Å². The van der Waals surface area contributed by atoms with E-state index in [-0.39, 0.29) is 22.0 Å². The van der Waals surface area contributed by atoms with Crippen LogP contribution in [0.1, 0.15) is 16.8 Å². The lowest BCUT2D eigenvalue weighted by Gasteiger charge is -2.08. The van der Waals surface area contributed by atoms with Crippen LogP contribution in [0.3, 0.4) is 0 Å². The Morgan fingerprint density at radius 1 is 1.43 bits per heavy atom. The normalized spacial score (nSPS) is 11.9. The van der Waals surface area contributed by atoms with Gasteiger partial charge in [-0.25, -0.2) is 4.79 Å². The molecule has 0 aromatic heterocycles. The predicted octanol–water partition coefficient (Wildman–Crippen LogP) is 1.76. The zero-order chi connectivity index (χ0) is 15.8. The number of hydrogen-bond acceptors (Lipinski definition) is 4. The van der Waals surface area contributed by atoms with Crippen molar-refractivity contribution < 1.29 is 23.6 Å². The monoisotopic (exact) mass is 333 g/mol. The van der Waals surface area contributed by atoms with E-state index in [2.05, 4.69) is 5.32 Å². The number of anilines is 1. The topological polar surface area (TPSA) is 92.7 Å². The first-order chi connectivity index (χ1) is 9.93. The summed E-state index contributed by atoms with van der Waals surface area (Å²) in [5, 5.41) is 11.6. The van der Waals surface area contributed by atoms with Crippen LogP contribution in [0.5, 0.6) is 0 Å². The average Bonchev–Trinajstić information content (AvgIpc) is 2.41. The molecule has 2 N–H and O–H groups in total. The molecule has 116 valence electrons. The lowest BCUT2D eigenvalue weighted by atomic mass is 10.2. The molecule has 0 saturated carbocycles. The second-order valence-electron chi connectivity index (χ2n) is 4.18. The van der Waals surface area contributed by atoms with Gasteiger partial charge >= 0.3 is 5.97 Å². The van der Waals surface area contributed by atoms with E-state index in [4.69, 9.17) is 21.4 Å². The maximum atomic E-state index is 11.7. The van der Waals surface area contributed by atoms with E-state index in [1.165, 1.54) is 18.2 Å². The molecule has 0 bridgehead atoms. The standard InChI is InChI=1S/C13H16ClNO5S/c1-20-5-2-6-21(19)8-12(16)15-11-7-9(13(17)18)3-4-10(11)14/h3-4,7H,2,5-6,8H2,1H3,(H,15,16)(H,17,18). The number of benzene rings is 1. The Hall–Kier alpha value is -1.44. The fourth-order valence-electron chi connectivity index (χ4n) is 1.52. The molecule has 0 aliphatic rings. The largest absolute Gasteiger partial charge is 0.478 e. The number of methoxy groups -OCH3 is 1. The lowest BCUT2D eigenvalue weighted by Crippen LogP contribution is -2.21. The Labute approximate surface area is 129 Å². The van der Waals surface area contributed by atoms with Gasteiger partial charge in [0.25, 0.3) is 0 Å². The van der Waals surface area contributed by atoms with Crippen molar-refractivity contribution in [3.05, 3.63) is 28.8 Å². The van der Waals surface area contributed by atoms with Crippen LogP contribution < -0.4 is 5.32 Å². The summed E-state index contributed by atoms with van der Waals surface area (Å²) >= 11 is 5.88. The summed E-state index contributed by atoms with van der Waals surface area (Å²) in [6.45, 7) is 0.486. The Bertz CT molecular complexity index is 549. The summed E-state index contributed by atoms with van der Waals surface area (Å²) < 4.78 is 16.5. The Balaban J connectivity index is 2.60. The molecule has 0 heterocycles. The summed E-state index contributed by atoms with van der Waals surface area (Å²) in [4.78, 5) is 22.6. The third-order valence-electron chi connectivity index (χ3n) is 2.50. The number of carbonyl (C=O) groups is 2. The molecule has 8 heteroatoms. The zero-order valence-electron chi connectivity index (χ0n) is 11.4. The molecule has 0 fully saturated rings. The molecule has 0 aliphatic carbocycles. The van der Waals surface area contributed by atoms with Crippen molar-refractivity contribution in [2.45, 2.75) is 6.42 Å². The number of nitrogens with one attached hydrogen (secondary N) is 1. The summed E-state index contributed by atoms with van der Waals surface area (Å²) in [5.41, 5.74) is 0.200. The quantitative estimate of drug-likeness (QED) is 0.707. The van der Waals surface area contributed by atoms with Crippen LogP contribution in [-0.4, -0.2) is 46.4 Å². The van der Waals surface area contributed by atoms with Gasteiger partial charge in [0.2, 0.25) is 5.91 Å². The van der Waals surface area contributed by atoms with Gasteiger partial charge in [-0.3, -0.25) is 9.00 Å². The number of amides is 1. The Kier molecular flexibility index (Phi) is 7.35. The van der Waals surface area contributed by atoms with E-state index in [1.807, 2.05) is 0 Å². The maximum Gasteiger partial charge on any atom is 0.335 e. The van der Waals surface area contributed by atoms with E-state index in [0.717, 1.165) is 0 Å². The van der Waals surface area contributed by atoms with Crippen LogP contribution in [0.4, 0.5) is 5.69 Å². The van der Waals surface area contributed by atoms with Gasteiger partial charge in [-0.2, -0.15) is 0 Å².